The van der Waals surface area contributed by atoms with Crippen molar-refractivity contribution in [2.45, 2.75) is 19.3 Å². The second-order valence-electron chi connectivity index (χ2n) is 5.66. The predicted octanol–water partition coefficient (Wildman–Crippen LogP) is 3.30. The minimum Gasteiger partial charge on any atom is -0.355 e. The molecule has 0 saturated heterocycles. The van der Waals surface area contributed by atoms with Crippen molar-refractivity contribution < 1.29 is 14.0 Å². The molecule has 2 N–H and O–H groups in total. The maximum absolute atomic E-state index is 13.6. The quantitative estimate of drug-likeness (QED) is 0.902. The number of benzene rings is 1. The lowest BCUT2D eigenvalue weighted by Crippen LogP contribution is -2.20. The number of anilines is 1. The van der Waals surface area contributed by atoms with Crippen LogP contribution in [0.25, 0.3) is 0 Å². The monoisotopic (exact) mass is 332 g/mol. The van der Waals surface area contributed by atoms with Gasteiger partial charge in [-0.3, -0.25) is 9.59 Å². The summed E-state index contributed by atoms with van der Waals surface area (Å²) in [7, 11) is 1.44. The largest absolute Gasteiger partial charge is 0.355 e. The van der Waals surface area contributed by atoms with Crippen LogP contribution in [0.2, 0.25) is 0 Å². The Bertz CT molecular complexity index is 772. The zero-order valence-electron chi connectivity index (χ0n) is 12.9. The van der Waals surface area contributed by atoms with Gasteiger partial charge in [-0.25, -0.2) is 4.39 Å². The third kappa shape index (κ3) is 3.27. The summed E-state index contributed by atoms with van der Waals surface area (Å²) in [6.07, 6.45) is 0.829. The van der Waals surface area contributed by atoms with E-state index in [4.69, 9.17) is 0 Å². The molecule has 3 rings (SSSR count). The van der Waals surface area contributed by atoms with Gasteiger partial charge in [0.05, 0.1) is 5.56 Å². The first kappa shape index (κ1) is 15.7. The Morgan fingerprint density at radius 2 is 2.04 bits per heavy atom. The van der Waals surface area contributed by atoms with Gasteiger partial charge in [0.1, 0.15) is 5.82 Å². The van der Waals surface area contributed by atoms with Crippen LogP contribution in [0.1, 0.15) is 32.5 Å². The topological polar surface area (TPSA) is 58.2 Å². The lowest BCUT2D eigenvalue weighted by atomic mass is 10.1. The van der Waals surface area contributed by atoms with Crippen LogP contribution in [-0.2, 0) is 4.79 Å². The van der Waals surface area contributed by atoms with E-state index >= 15 is 0 Å². The summed E-state index contributed by atoms with van der Waals surface area (Å²) in [5, 5.41) is 5.15. The first-order valence-corrected chi connectivity index (χ1v) is 8.20. The number of halogens is 1. The molecule has 4 nitrogen and oxygen atoms in total. The van der Waals surface area contributed by atoms with Gasteiger partial charge in [0.15, 0.2) is 0 Å². The second-order valence-corrected chi connectivity index (χ2v) is 6.98. The highest BCUT2D eigenvalue weighted by atomic mass is 32.1. The number of hydrogen-bond donors (Lipinski definition) is 2. The summed E-state index contributed by atoms with van der Waals surface area (Å²) >= 11 is 1.71. The summed E-state index contributed by atoms with van der Waals surface area (Å²) in [4.78, 5) is 26.4. The van der Waals surface area contributed by atoms with Crippen molar-refractivity contribution in [2.75, 3.05) is 12.4 Å². The average molecular weight is 332 g/mol. The number of amides is 2. The van der Waals surface area contributed by atoms with E-state index in [0.29, 0.717) is 5.69 Å². The molecule has 1 fully saturated rings. The molecule has 0 aliphatic heterocycles. The summed E-state index contributed by atoms with van der Waals surface area (Å²) in [5.74, 6) is -0.998. The summed E-state index contributed by atoms with van der Waals surface area (Å²) in [5.41, 5.74) is 0.356. The molecule has 0 bridgehead atoms. The molecule has 1 saturated carbocycles. The summed E-state index contributed by atoms with van der Waals surface area (Å²) in [6, 6.07) is 8.14. The standard InChI is InChI=1S/C17H17FN2O2S/c1-9-3-6-15(23-9)11-8-12(11)17(22)20-10-4-5-14(18)13(7-10)16(21)19-2/h3-7,11-12H,8H2,1-2H3,(H,19,21)(H,20,22)/t11-,12+/m1/s1. The van der Waals surface area contributed by atoms with Gasteiger partial charge in [-0.15, -0.1) is 11.3 Å². The first-order valence-electron chi connectivity index (χ1n) is 7.38. The van der Waals surface area contributed by atoms with E-state index in [2.05, 4.69) is 22.8 Å². The lowest BCUT2D eigenvalue weighted by molar-refractivity contribution is -0.117. The van der Waals surface area contributed by atoms with Crippen molar-refractivity contribution in [2.24, 2.45) is 5.92 Å². The Kier molecular flexibility index (Phi) is 4.17. The van der Waals surface area contributed by atoms with Crippen LogP contribution >= 0.6 is 11.3 Å². The third-order valence-corrected chi connectivity index (χ3v) is 5.09. The van der Waals surface area contributed by atoms with Gasteiger partial charge in [0.2, 0.25) is 5.91 Å². The molecule has 0 radical (unpaired) electrons. The molecule has 1 heterocycles. The average Bonchev–Trinajstić information content (AvgIpc) is 3.23. The Balaban J connectivity index is 1.68. The first-order chi connectivity index (χ1) is 11.0. The Morgan fingerprint density at radius 3 is 2.70 bits per heavy atom. The second kappa shape index (κ2) is 6.12. The fourth-order valence-electron chi connectivity index (χ4n) is 2.60. The maximum Gasteiger partial charge on any atom is 0.254 e. The van der Waals surface area contributed by atoms with Crippen LogP contribution in [-0.4, -0.2) is 18.9 Å². The molecule has 23 heavy (non-hydrogen) atoms. The number of thiophene rings is 1. The molecular formula is C17H17FN2O2S. The normalized spacial score (nSPS) is 19.3. The van der Waals surface area contributed by atoms with E-state index in [1.54, 1.807) is 11.3 Å². The minimum atomic E-state index is -0.610. The Labute approximate surface area is 137 Å². The van der Waals surface area contributed by atoms with Crippen molar-refractivity contribution in [1.82, 2.24) is 5.32 Å². The molecule has 0 unspecified atom stereocenters. The third-order valence-electron chi connectivity index (χ3n) is 3.96. The number of carbonyl (C=O) groups excluding carboxylic acids is 2. The molecule has 1 aliphatic rings. The molecule has 1 aromatic carbocycles. The smallest absolute Gasteiger partial charge is 0.254 e. The lowest BCUT2D eigenvalue weighted by Gasteiger charge is -2.08. The van der Waals surface area contributed by atoms with Crippen LogP contribution in [0, 0.1) is 18.7 Å². The number of nitrogens with one attached hydrogen (secondary N) is 2. The van der Waals surface area contributed by atoms with Gasteiger partial charge in [-0.1, -0.05) is 0 Å². The van der Waals surface area contributed by atoms with Gasteiger partial charge < -0.3 is 10.6 Å². The van der Waals surface area contributed by atoms with Crippen molar-refractivity contribution in [3.05, 3.63) is 51.5 Å². The van der Waals surface area contributed by atoms with Gasteiger partial charge in [0, 0.05) is 34.3 Å². The molecule has 1 aliphatic carbocycles. The molecular weight excluding hydrogens is 315 g/mol. The fraction of sp³-hybridized carbons (Fsp3) is 0.294. The van der Waals surface area contributed by atoms with E-state index in [9.17, 15) is 14.0 Å². The molecule has 2 atom stereocenters. The molecule has 2 aromatic rings. The van der Waals surface area contributed by atoms with E-state index in [1.165, 1.54) is 35.0 Å². The Morgan fingerprint density at radius 1 is 1.26 bits per heavy atom. The van der Waals surface area contributed by atoms with Gasteiger partial charge in [-0.2, -0.15) is 0 Å². The zero-order chi connectivity index (χ0) is 16.6. The van der Waals surface area contributed by atoms with Crippen LogP contribution in [0.15, 0.2) is 30.3 Å². The van der Waals surface area contributed by atoms with Crippen molar-refractivity contribution in [3.8, 4) is 0 Å². The highest BCUT2D eigenvalue weighted by Gasteiger charge is 2.44. The molecule has 2 amide bonds. The summed E-state index contributed by atoms with van der Waals surface area (Å²) in [6.45, 7) is 2.05. The van der Waals surface area contributed by atoms with E-state index in [0.717, 1.165) is 6.42 Å². The predicted molar refractivity (Wildman–Crippen MR) is 88.3 cm³/mol. The molecule has 1 aromatic heterocycles. The number of hydrogen-bond acceptors (Lipinski definition) is 3. The molecule has 0 spiro atoms. The molecule has 6 heteroatoms. The summed E-state index contributed by atoms with van der Waals surface area (Å²) < 4.78 is 13.6. The Hall–Kier alpha value is -2.21. The van der Waals surface area contributed by atoms with Crippen LogP contribution < -0.4 is 10.6 Å². The number of rotatable bonds is 4. The number of carbonyl (C=O) groups is 2. The maximum atomic E-state index is 13.6. The SMILES string of the molecule is CNC(=O)c1cc(NC(=O)[C@H]2C[C@H]2c2ccc(C)s2)ccc1F. The van der Waals surface area contributed by atoms with Gasteiger partial charge in [-0.05, 0) is 43.7 Å². The van der Waals surface area contributed by atoms with E-state index < -0.39 is 11.7 Å². The van der Waals surface area contributed by atoms with Gasteiger partial charge in [0.25, 0.3) is 5.91 Å². The van der Waals surface area contributed by atoms with Gasteiger partial charge >= 0.3 is 0 Å². The van der Waals surface area contributed by atoms with Crippen LogP contribution in [0.4, 0.5) is 10.1 Å². The highest BCUT2D eigenvalue weighted by molar-refractivity contribution is 7.12. The van der Waals surface area contributed by atoms with Crippen molar-refractivity contribution >= 4 is 28.8 Å². The van der Waals surface area contributed by atoms with E-state index in [-0.39, 0.29) is 23.3 Å². The van der Waals surface area contributed by atoms with E-state index in [1.807, 2.05) is 6.92 Å². The van der Waals surface area contributed by atoms with Crippen molar-refractivity contribution in [1.29, 1.82) is 0 Å². The fourth-order valence-corrected chi connectivity index (χ4v) is 3.65. The van der Waals surface area contributed by atoms with Crippen LogP contribution in [0.3, 0.4) is 0 Å². The number of aryl methyl sites for hydroxylation is 1. The van der Waals surface area contributed by atoms with Crippen LogP contribution in [0.5, 0.6) is 0 Å². The van der Waals surface area contributed by atoms with Crippen molar-refractivity contribution in [3.63, 3.8) is 0 Å². The molecule has 120 valence electrons. The minimum absolute atomic E-state index is 0.0541. The highest BCUT2D eigenvalue weighted by Crippen LogP contribution is 2.50. The zero-order valence-corrected chi connectivity index (χ0v) is 13.7.